The first-order valence-corrected chi connectivity index (χ1v) is 9.93. The second-order valence-electron chi connectivity index (χ2n) is 7.12. The SMILES string of the molecule is COC(=O)c1ccc(OCC(O)CN(Cc2ccccc2)Cc2ccccc2)cc1. The number of hydrogen-bond acceptors (Lipinski definition) is 5. The summed E-state index contributed by atoms with van der Waals surface area (Å²) < 4.78 is 10.4. The topological polar surface area (TPSA) is 59.0 Å². The number of rotatable bonds is 10. The molecule has 1 unspecified atom stereocenters. The van der Waals surface area contributed by atoms with Gasteiger partial charge in [0.25, 0.3) is 0 Å². The van der Waals surface area contributed by atoms with E-state index in [1.807, 2.05) is 36.4 Å². The maximum absolute atomic E-state index is 11.5. The minimum Gasteiger partial charge on any atom is -0.491 e. The monoisotopic (exact) mass is 405 g/mol. The number of aliphatic hydroxyl groups excluding tert-OH is 1. The number of benzene rings is 3. The lowest BCUT2D eigenvalue weighted by atomic mass is 10.1. The highest BCUT2D eigenvalue weighted by molar-refractivity contribution is 5.89. The van der Waals surface area contributed by atoms with E-state index in [9.17, 15) is 9.90 Å². The molecule has 0 aliphatic rings. The van der Waals surface area contributed by atoms with Crippen LogP contribution in [0.3, 0.4) is 0 Å². The molecule has 0 saturated heterocycles. The molecule has 0 aliphatic carbocycles. The fraction of sp³-hybridized carbons (Fsp3) is 0.240. The van der Waals surface area contributed by atoms with E-state index >= 15 is 0 Å². The van der Waals surface area contributed by atoms with Crippen molar-refractivity contribution in [1.82, 2.24) is 4.90 Å². The van der Waals surface area contributed by atoms with Crippen molar-refractivity contribution in [3.05, 3.63) is 102 Å². The van der Waals surface area contributed by atoms with Crippen molar-refractivity contribution >= 4 is 5.97 Å². The van der Waals surface area contributed by atoms with Crippen molar-refractivity contribution in [2.45, 2.75) is 19.2 Å². The van der Waals surface area contributed by atoms with E-state index in [1.165, 1.54) is 18.2 Å². The second-order valence-corrected chi connectivity index (χ2v) is 7.12. The molecule has 0 spiro atoms. The molecular weight excluding hydrogens is 378 g/mol. The van der Waals surface area contributed by atoms with Crippen LogP contribution in [-0.4, -0.2) is 42.3 Å². The maximum Gasteiger partial charge on any atom is 0.337 e. The summed E-state index contributed by atoms with van der Waals surface area (Å²) in [5.74, 6) is 0.207. The van der Waals surface area contributed by atoms with E-state index in [1.54, 1.807) is 24.3 Å². The highest BCUT2D eigenvalue weighted by Crippen LogP contribution is 2.14. The fourth-order valence-corrected chi connectivity index (χ4v) is 3.22. The van der Waals surface area contributed by atoms with Crippen LogP contribution in [0.5, 0.6) is 5.75 Å². The Morgan fingerprint density at radius 1 is 0.867 bits per heavy atom. The minimum absolute atomic E-state index is 0.164. The summed E-state index contributed by atoms with van der Waals surface area (Å²) >= 11 is 0. The second kappa shape index (κ2) is 11.1. The molecule has 3 aromatic carbocycles. The zero-order valence-electron chi connectivity index (χ0n) is 17.1. The van der Waals surface area contributed by atoms with Gasteiger partial charge in [0, 0.05) is 19.6 Å². The summed E-state index contributed by atoms with van der Waals surface area (Å²) in [6.07, 6.45) is -0.655. The Balaban J connectivity index is 1.58. The van der Waals surface area contributed by atoms with Crippen LogP contribution in [0.25, 0.3) is 0 Å². The zero-order valence-corrected chi connectivity index (χ0v) is 17.1. The van der Waals surface area contributed by atoms with Gasteiger partial charge in [-0.15, -0.1) is 0 Å². The smallest absolute Gasteiger partial charge is 0.337 e. The van der Waals surface area contributed by atoms with Crippen LogP contribution in [-0.2, 0) is 17.8 Å². The molecule has 5 nitrogen and oxygen atoms in total. The Hall–Kier alpha value is -3.15. The first-order valence-electron chi connectivity index (χ1n) is 9.93. The van der Waals surface area contributed by atoms with Gasteiger partial charge < -0.3 is 14.6 Å². The molecule has 0 heterocycles. The highest BCUT2D eigenvalue weighted by Gasteiger charge is 2.14. The Kier molecular flexibility index (Phi) is 8.01. The summed E-state index contributed by atoms with van der Waals surface area (Å²) in [4.78, 5) is 13.7. The van der Waals surface area contributed by atoms with E-state index in [-0.39, 0.29) is 12.6 Å². The van der Waals surface area contributed by atoms with E-state index in [0.717, 1.165) is 13.1 Å². The van der Waals surface area contributed by atoms with Gasteiger partial charge in [-0.05, 0) is 35.4 Å². The highest BCUT2D eigenvalue weighted by atomic mass is 16.5. The average Bonchev–Trinajstić information content (AvgIpc) is 2.79. The molecule has 0 aliphatic heterocycles. The number of carbonyl (C=O) groups is 1. The van der Waals surface area contributed by atoms with Gasteiger partial charge in [-0.3, -0.25) is 4.90 Å². The lowest BCUT2D eigenvalue weighted by molar-refractivity contribution is 0.0597. The van der Waals surface area contributed by atoms with Crippen molar-refractivity contribution in [2.75, 3.05) is 20.3 Å². The molecule has 30 heavy (non-hydrogen) atoms. The molecule has 1 N–H and O–H groups in total. The van der Waals surface area contributed by atoms with Crippen LogP contribution >= 0.6 is 0 Å². The molecule has 3 rings (SSSR count). The quantitative estimate of drug-likeness (QED) is 0.518. The number of esters is 1. The van der Waals surface area contributed by atoms with Gasteiger partial charge in [0.15, 0.2) is 0 Å². The number of ether oxygens (including phenoxy) is 2. The van der Waals surface area contributed by atoms with Crippen LogP contribution in [0.2, 0.25) is 0 Å². The van der Waals surface area contributed by atoms with Gasteiger partial charge in [-0.2, -0.15) is 0 Å². The lowest BCUT2D eigenvalue weighted by Crippen LogP contribution is -2.35. The van der Waals surface area contributed by atoms with Crippen molar-refractivity contribution in [1.29, 1.82) is 0 Å². The molecule has 0 bridgehead atoms. The van der Waals surface area contributed by atoms with Crippen molar-refractivity contribution in [3.63, 3.8) is 0 Å². The third kappa shape index (κ3) is 6.72. The largest absolute Gasteiger partial charge is 0.491 e. The van der Waals surface area contributed by atoms with Gasteiger partial charge in [0.05, 0.1) is 12.7 Å². The number of methoxy groups -OCH3 is 1. The summed E-state index contributed by atoms with van der Waals surface area (Å²) in [5, 5.41) is 10.6. The van der Waals surface area contributed by atoms with Gasteiger partial charge >= 0.3 is 5.97 Å². The summed E-state index contributed by atoms with van der Waals surface area (Å²) in [5.41, 5.74) is 2.85. The molecule has 0 aromatic heterocycles. The van der Waals surface area contributed by atoms with E-state index < -0.39 is 6.10 Å². The summed E-state index contributed by atoms with van der Waals surface area (Å²) in [6, 6.07) is 27.1. The van der Waals surface area contributed by atoms with Crippen molar-refractivity contribution in [2.24, 2.45) is 0 Å². The predicted molar refractivity (Wildman–Crippen MR) is 116 cm³/mol. The lowest BCUT2D eigenvalue weighted by Gasteiger charge is -2.25. The molecular formula is C25H27NO4. The average molecular weight is 405 g/mol. The van der Waals surface area contributed by atoms with Gasteiger partial charge in [0.1, 0.15) is 18.5 Å². The molecule has 0 amide bonds. The number of hydrogen-bond donors (Lipinski definition) is 1. The number of carbonyl (C=O) groups excluding carboxylic acids is 1. The predicted octanol–water partition coefficient (Wildman–Crippen LogP) is 3.92. The standard InChI is InChI=1S/C25H27NO4/c1-29-25(28)22-12-14-24(15-13-22)30-19-23(27)18-26(16-20-8-4-2-5-9-20)17-21-10-6-3-7-11-21/h2-15,23,27H,16-19H2,1H3. The van der Waals surface area contributed by atoms with Crippen LogP contribution in [0.4, 0.5) is 0 Å². The van der Waals surface area contributed by atoms with E-state index in [4.69, 9.17) is 9.47 Å². The Morgan fingerprint density at radius 2 is 1.40 bits per heavy atom. The third-order valence-electron chi connectivity index (χ3n) is 4.68. The normalized spacial score (nSPS) is 11.8. The minimum atomic E-state index is -0.655. The van der Waals surface area contributed by atoms with Crippen LogP contribution in [0.15, 0.2) is 84.9 Å². The summed E-state index contributed by atoms with van der Waals surface area (Å²) in [7, 11) is 1.35. The van der Waals surface area contributed by atoms with E-state index in [0.29, 0.717) is 17.9 Å². The zero-order chi connectivity index (χ0) is 21.2. The Labute approximate surface area is 177 Å². The number of nitrogens with zero attached hydrogens (tertiary/aromatic N) is 1. The van der Waals surface area contributed by atoms with Crippen LogP contribution in [0, 0.1) is 0 Å². The summed E-state index contributed by atoms with van der Waals surface area (Å²) in [6.45, 7) is 2.11. The molecule has 0 radical (unpaired) electrons. The Morgan fingerprint density at radius 3 is 1.90 bits per heavy atom. The van der Waals surface area contributed by atoms with E-state index in [2.05, 4.69) is 29.2 Å². The molecule has 0 saturated carbocycles. The fourth-order valence-electron chi connectivity index (χ4n) is 3.22. The van der Waals surface area contributed by atoms with Crippen molar-refractivity contribution < 1.29 is 19.4 Å². The van der Waals surface area contributed by atoms with Gasteiger partial charge in [0.2, 0.25) is 0 Å². The molecule has 5 heteroatoms. The first kappa shape index (κ1) is 21.6. The van der Waals surface area contributed by atoms with Crippen LogP contribution < -0.4 is 4.74 Å². The first-order chi connectivity index (χ1) is 14.6. The van der Waals surface area contributed by atoms with Crippen LogP contribution in [0.1, 0.15) is 21.5 Å². The maximum atomic E-state index is 11.5. The molecule has 1 atom stereocenters. The third-order valence-corrected chi connectivity index (χ3v) is 4.68. The molecule has 0 fully saturated rings. The number of aliphatic hydroxyl groups is 1. The van der Waals surface area contributed by atoms with Crippen molar-refractivity contribution in [3.8, 4) is 5.75 Å². The molecule has 156 valence electrons. The van der Waals surface area contributed by atoms with Gasteiger partial charge in [-0.1, -0.05) is 60.7 Å². The van der Waals surface area contributed by atoms with Gasteiger partial charge in [-0.25, -0.2) is 4.79 Å². The molecule has 3 aromatic rings. The Bertz CT molecular complexity index is 856.